The lowest BCUT2D eigenvalue weighted by atomic mass is 10.1. The molecule has 0 aliphatic carbocycles. The largest absolute Gasteiger partial charge is 0.497 e. The maximum atomic E-state index is 12.6. The van der Waals surface area contributed by atoms with Gasteiger partial charge in [-0.3, -0.25) is 9.59 Å². The number of para-hydroxylation sites is 1. The van der Waals surface area contributed by atoms with E-state index in [2.05, 4.69) is 27.8 Å². The Labute approximate surface area is 204 Å². The van der Waals surface area contributed by atoms with E-state index in [1.807, 2.05) is 67.9 Å². The number of hydrogen-bond donors (Lipinski definition) is 2. The van der Waals surface area contributed by atoms with Gasteiger partial charge in [-0.25, -0.2) is 0 Å². The molecule has 0 spiro atoms. The highest BCUT2D eigenvalue weighted by Crippen LogP contribution is 2.23. The van der Waals surface area contributed by atoms with E-state index >= 15 is 0 Å². The number of hydrogen-bond acceptors (Lipinski definition) is 6. The lowest BCUT2D eigenvalue weighted by molar-refractivity contribution is -0.121. The molecule has 0 saturated heterocycles. The highest BCUT2D eigenvalue weighted by atomic mass is 32.2. The zero-order chi connectivity index (χ0) is 24.7. The highest BCUT2D eigenvalue weighted by molar-refractivity contribution is 7.99. The van der Waals surface area contributed by atoms with Crippen LogP contribution in [0.4, 0.5) is 5.69 Å². The molecule has 0 aliphatic heterocycles. The first-order chi connectivity index (χ1) is 16.3. The molecule has 3 rings (SSSR count). The van der Waals surface area contributed by atoms with Crippen LogP contribution in [0.2, 0.25) is 0 Å². The monoisotopic (exact) mass is 481 g/mol. The van der Waals surface area contributed by atoms with E-state index in [1.54, 1.807) is 7.11 Å². The van der Waals surface area contributed by atoms with E-state index in [4.69, 9.17) is 4.74 Å². The molecule has 2 amide bonds. The fourth-order valence-corrected chi connectivity index (χ4v) is 4.34. The van der Waals surface area contributed by atoms with Gasteiger partial charge in [0.2, 0.25) is 11.8 Å². The van der Waals surface area contributed by atoms with Crippen LogP contribution >= 0.6 is 11.8 Å². The zero-order valence-corrected chi connectivity index (χ0v) is 21.0. The van der Waals surface area contributed by atoms with Crippen LogP contribution in [0.15, 0.2) is 47.6 Å². The molecule has 3 aromatic rings. The first-order valence-electron chi connectivity index (χ1n) is 11.1. The Bertz CT molecular complexity index is 1140. The molecule has 180 valence electrons. The molecule has 2 N–H and O–H groups in total. The number of carbonyl (C=O) groups is 2. The van der Waals surface area contributed by atoms with Crippen molar-refractivity contribution < 1.29 is 14.3 Å². The molecule has 0 bridgehead atoms. The van der Waals surface area contributed by atoms with E-state index in [1.165, 1.54) is 11.8 Å². The SMILES string of the molecule is CCc1cccc(C)c1NC(=O)CSc1nnc(C(C)NC(=O)Cc2ccc(OC)cc2)n1C. The molecule has 0 fully saturated rings. The first-order valence-corrected chi connectivity index (χ1v) is 12.1. The molecule has 0 radical (unpaired) electrons. The number of rotatable bonds is 10. The van der Waals surface area contributed by atoms with Crippen molar-refractivity contribution in [3.63, 3.8) is 0 Å². The highest BCUT2D eigenvalue weighted by Gasteiger charge is 2.19. The van der Waals surface area contributed by atoms with Crippen molar-refractivity contribution in [3.05, 3.63) is 65.0 Å². The van der Waals surface area contributed by atoms with Gasteiger partial charge in [0.05, 0.1) is 25.3 Å². The molecular weight excluding hydrogens is 450 g/mol. The van der Waals surface area contributed by atoms with Crippen molar-refractivity contribution in [3.8, 4) is 5.75 Å². The maximum absolute atomic E-state index is 12.6. The van der Waals surface area contributed by atoms with Crippen molar-refractivity contribution >= 4 is 29.3 Å². The summed E-state index contributed by atoms with van der Waals surface area (Å²) in [5.74, 6) is 1.37. The van der Waals surface area contributed by atoms with Crippen LogP contribution in [-0.4, -0.2) is 39.4 Å². The van der Waals surface area contributed by atoms with E-state index in [-0.39, 0.29) is 30.0 Å². The Morgan fingerprint density at radius 2 is 1.85 bits per heavy atom. The fourth-order valence-electron chi connectivity index (χ4n) is 3.62. The van der Waals surface area contributed by atoms with E-state index in [9.17, 15) is 9.59 Å². The number of methoxy groups -OCH3 is 1. The first kappa shape index (κ1) is 25.3. The topological polar surface area (TPSA) is 98.1 Å². The Morgan fingerprint density at radius 1 is 1.12 bits per heavy atom. The molecule has 1 unspecified atom stereocenters. The Kier molecular flexibility index (Phi) is 8.70. The maximum Gasteiger partial charge on any atom is 0.234 e. The van der Waals surface area contributed by atoms with Crippen LogP contribution in [0.25, 0.3) is 0 Å². The number of anilines is 1. The molecule has 1 atom stereocenters. The number of ether oxygens (including phenoxy) is 1. The van der Waals surface area contributed by atoms with Gasteiger partial charge in [0.15, 0.2) is 11.0 Å². The molecule has 34 heavy (non-hydrogen) atoms. The van der Waals surface area contributed by atoms with Crippen molar-refractivity contribution in [2.45, 2.75) is 44.8 Å². The number of nitrogens with one attached hydrogen (secondary N) is 2. The van der Waals surface area contributed by atoms with Gasteiger partial charge in [-0.05, 0) is 49.1 Å². The predicted octanol–water partition coefficient (Wildman–Crippen LogP) is 3.85. The van der Waals surface area contributed by atoms with Crippen LogP contribution in [0.3, 0.4) is 0 Å². The van der Waals surface area contributed by atoms with Gasteiger partial charge in [-0.15, -0.1) is 10.2 Å². The van der Waals surface area contributed by atoms with Crippen LogP contribution < -0.4 is 15.4 Å². The second-order valence-electron chi connectivity index (χ2n) is 8.01. The lowest BCUT2D eigenvalue weighted by Gasteiger charge is -2.14. The Balaban J connectivity index is 1.55. The standard InChI is InChI=1S/C25H31N5O3S/c1-6-19-9-7-8-16(2)23(19)27-22(32)15-34-25-29-28-24(30(25)4)17(3)26-21(31)14-18-10-12-20(33-5)13-11-18/h7-13,17H,6,14-15H2,1-5H3,(H,26,31)(H,27,32). The second-order valence-corrected chi connectivity index (χ2v) is 8.96. The molecule has 8 nitrogen and oxygen atoms in total. The van der Waals surface area contributed by atoms with Gasteiger partial charge in [-0.2, -0.15) is 0 Å². The number of amides is 2. The summed E-state index contributed by atoms with van der Waals surface area (Å²) in [7, 11) is 3.44. The Morgan fingerprint density at radius 3 is 2.53 bits per heavy atom. The molecular formula is C25H31N5O3S. The molecule has 2 aromatic carbocycles. The van der Waals surface area contributed by atoms with Gasteiger partial charge in [-0.1, -0.05) is 49.0 Å². The Hall–Kier alpha value is -3.33. The summed E-state index contributed by atoms with van der Waals surface area (Å²) in [6.45, 7) is 5.92. The second kappa shape index (κ2) is 11.7. The number of thioether (sulfide) groups is 1. The third-order valence-electron chi connectivity index (χ3n) is 5.49. The number of carbonyl (C=O) groups excluding carboxylic acids is 2. The quantitative estimate of drug-likeness (QED) is 0.427. The molecule has 9 heteroatoms. The van der Waals surface area contributed by atoms with Crippen molar-refractivity contribution in [1.82, 2.24) is 20.1 Å². The zero-order valence-electron chi connectivity index (χ0n) is 20.2. The number of nitrogens with zero attached hydrogens (tertiary/aromatic N) is 3. The average molecular weight is 482 g/mol. The summed E-state index contributed by atoms with van der Waals surface area (Å²) in [6, 6.07) is 13.1. The third-order valence-corrected chi connectivity index (χ3v) is 6.51. The average Bonchev–Trinajstić information content (AvgIpc) is 3.19. The van der Waals surface area contributed by atoms with E-state index in [0.29, 0.717) is 11.0 Å². The molecule has 0 aliphatic rings. The number of aromatic nitrogens is 3. The molecule has 0 saturated carbocycles. The van der Waals surface area contributed by atoms with Crippen molar-refractivity contribution in [1.29, 1.82) is 0 Å². The fraction of sp³-hybridized carbons (Fsp3) is 0.360. The predicted molar refractivity (Wildman–Crippen MR) is 134 cm³/mol. The van der Waals surface area contributed by atoms with E-state index < -0.39 is 0 Å². The van der Waals surface area contributed by atoms with E-state index in [0.717, 1.165) is 34.5 Å². The van der Waals surface area contributed by atoms with Gasteiger partial charge in [0.25, 0.3) is 0 Å². The lowest BCUT2D eigenvalue weighted by Crippen LogP contribution is -2.29. The number of aryl methyl sites for hydroxylation is 2. The summed E-state index contributed by atoms with van der Waals surface area (Å²) in [5, 5.41) is 15.0. The normalized spacial score (nSPS) is 11.7. The molecule has 1 aromatic heterocycles. The number of benzene rings is 2. The van der Waals surface area contributed by atoms with Crippen LogP contribution in [0.1, 0.15) is 42.4 Å². The van der Waals surface area contributed by atoms with Crippen molar-refractivity contribution in [2.75, 3.05) is 18.2 Å². The van der Waals surface area contributed by atoms with Gasteiger partial charge in [0, 0.05) is 12.7 Å². The van der Waals surface area contributed by atoms with Crippen LogP contribution in [-0.2, 0) is 29.5 Å². The van der Waals surface area contributed by atoms with Gasteiger partial charge < -0.3 is 19.9 Å². The summed E-state index contributed by atoms with van der Waals surface area (Å²) < 4.78 is 6.95. The van der Waals surface area contributed by atoms with Gasteiger partial charge in [0.1, 0.15) is 5.75 Å². The van der Waals surface area contributed by atoms with Crippen LogP contribution in [0.5, 0.6) is 5.75 Å². The minimum absolute atomic E-state index is 0.0978. The third kappa shape index (κ3) is 6.38. The van der Waals surface area contributed by atoms with Crippen LogP contribution in [0, 0.1) is 6.92 Å². The summed E-state index contributed by atoms with van der Waals surface area (Å²) in [6.07, 6.45) is 1.10. The summed E-state index contributed by atoms with van der Waals surface area (Å²) >= 11 is 1.31. The smallest absolute Gasteiger partial charge is 0.234 e. The van der Waals surface area contributed by atoms with Gasteiger partial charge >= 0.3 is 0 Å². The minimum Gasteiger partial charge on any atom is -0.497 e. The van der Waals surface area contributed by atoms with Crippen molar-refractivity contribution in [2.24, 2.45) is 7.05 Å². The summed E-state index contributed by atoms with van der Waals surface area (Å²) in [4.78, 5) is 25.0. The molecule has 1 heterocycles. The summed E-state index contributed by atoms with van der Waals surface area (Å²) in [5.41, 5.74) is 3.92. The minimum atomic E-state index is -0.328.